The van der Waals surface area contributed by atoms with Crippen LogP contribution >= 0.6 is 15.9 Å². The quantitative estimate of drug-likeness (QED) is 0.904. The maximum atomic E-state index is 5.35. The van der Waals surface area contributed by atoms with Gasteiger partial charge in [-0.2, -0.15) is 0 Å². The summed E-state index contributed by atoms with van der Waals surface area (Å²) in [6.45, 7) is 2.03. The molecule has 100 valence electrons. The minimum atomic E-state index is 0.587. The zero-order chi connectivity index (χ0) is 13.8. The Hall–Kier alpha value is -1.82. The van der Waals surface area contributed by atoms with Gasteiger partial charge in [-0.3, -0.25) is 0 Å². The number of methoxy groups -OCH3 is 1. The van der Waals surface area contributed by atoms with Gasteiger partial charge in [0.1, 0.15) is 6.33 Å². The van der Waals surface area contributed by atoms with Crippen LogP contribution in [0, 0.1) is 6.92 Å². The Labute approximate surface area is 120 Å². The van der Waals surface area contributed by atoms with Crippen molar-refractivity contribution in [3.8, 4) is 5.75 Å². The fourth-order valence-electron chi connectivity index (χ4n) is 1.69. The lowest BCUT2D eigenvalue weighted by molar-refractivity contribution is 0.415. The van der Waals surface area contributed by atoms with Crippen LogP contribution in [0.5, 0.6) is 5.75 Å². The van der Waals surface area contributed by atoms with Gasteiger partial charge in [0.15, 0.2) is 11.6 Å². The zero-order valence-electron chi connectivity index (χ0n) is 11.0. The van der Waals surface area contributed by atoms with Crippen molar-refractivity contribution < 1.29 is 4.74 Å². The van der Waals surface area contributed by atoms with Gasteiger partial charge in [-0.1, -0.05) is 22.0 Å². The highest BCUT2D eigenvalue weighted by atomic mass is 79.9. The molecule has 0 spiro atoms. The first kappa shape index (κ1) is 13.6. The van der Waals surface area contributed by atoms with Crippen molar-refractivity contribution in [1.82, 2.24) is 9.97 Å². The molecular weight excluding hydrogens is 308 g/mol. The van der Waals surface area contributed by atoms with E-state index in [1.807, 2.05) is 25.1 Å². The predicted octanol–water partition coefficient (Wildman–Crippen LogP) is 3.34. The molecule has 19 heavy (non-hydrogen) atoms. The summed E-state index contributed by atoms with van der Waals surface area (Å²) < 4.78 is 6.35. The van der Waals surface area contributed by atoms with Gasteiger partial charge in [-0.05, 0) is 24.6 Å². The van der Waals surface area contributed by atoms with E-state index in [-0.39, 0.29) is 0 Å². The number of halogens is 1. The van der Waals surface area contributed by atoms with Crippen molar-refractivity contribution in [2.45, 2.75) is 6.92 Å². The van der Waals surface area contributed by atoms with Crippen LogP contribution in [0.1, 0.15) is 5.56 Å². The van der Waals surface area contributed by atoms with Crippen molar-refractivity contribution >= 4 is 33.3 Å². The number of benzene rings is 1. The van der Waals surface area contributed by atoms with E-state index in [0.29, 0.717) is 17.4 Å². The van der Waals surface area contributed by atoms with Crippen molar-refractivity contribution in [2.75, 3.05) is 24.8 Å². The van der Waals surface area contributed by atoms with Crippen molar-refractivity contribution in [3.63, 3.8) is 0 Å². The highest BCUT2D eigenvalue weighted by molar-refractivity contribution is 9.10. The number of aromatic nitrogens is 2. The molecule has 0 aliphatic heterocycles. The van der Waals surface area contributed by atoms with Crippen LogP contribution in [0.15, 0.2) is 29.0 Å². The summed E-state index contributed by atoms with van der Waals surface area (Å²) in [5.41, 5.74) is 2.09. The second kappa shape index (κ2) is 5.88. The molecule has 2 aromatic rings. The Balaban J connectivity index is 2.40. The summed E-state index contributed by atoms with van der Waals surface area (Å²) in [5.74, 6) is 1.86. The SMILES string of the molecule is CNc1ncnc(Nc2cc(Br)ccc2C)c1OC. The lowest BCUT2D eigenvalue weighted by Gasteiger charge is -2.14. The third-order valence-electron chi connectivity index (χ3n) is 2.70. The summed E-state index contributed by atoms with van der Waals surface area (Å²) >= 11 is 3.46. The third-order valence-corrected chi connectivity index (χ3v) is 3.19. The van der Waals surface area contributed by atoms with Crippen LogP contribution in [0.4, 0.5) is 17.3 Å². The van der Waals surface area contributed by atoms with Crippen LogP contribution in [0.25, 0.3) is 0 Å². The summed E-state index contributed by atoms with van der Waals surface area (Å²) in [7, 11) is 3.39. The molecule has 0 saturated carbocycles. The van der Waals surface area contributed by atoms with Gasteiger partial charge in [-0.15, -0.1) is 0 Å². The smallest absolute Gasteiger partial charge is 0.204 e. The Bertz CT molecular complexity index is 589. The van der Waals surface area contributed by atoms with E-state index < -0.39 is 0 Å². The molecule has 2 rings (SSSR count). The third kappa shape index (κ3) is 2.96. The second-order valence-corrected chi connectivity index (χ2v) is 4.85. The van der Waals surface area contributed by atoms with Gasteiger partial charge < -0.3 is 15.4 Å². The van der Waals surface area contributed by atoms with Gasteiger partial charge >= 0.3 is 0 Å². The number of hydrogen-bond acceptors (Lipinski definition) is 5. The van der Waals surface area contributed by atoms with E-state index in [2.05, 4.69) is 36.5 Å². The van der Waals surface area contributed by atoms with E-state index in [1.54, 1.807) is 14.2 Å². The zero-order valence-corrected chi connectivity index (χ0v) is 12.6. The molecule has 5 nitrogen and oxygen atoms in total. The number of rotatable bonds is 4. The summed E-state index contributed by atoms with van der Waals surface area (Å²) in [6, 6.07) is 6.02. The van der Waals surface area contributed by atoms with E-state index in [4.69, 9.17) is 4.74 Å². The standard InChI is InChI=1S/C13H15BrN4O/c1-8-4-5-9(14)6-10(8)18-13-11(19-3)12(15-2)16-7-17-13/h4-7H,1-3H3,(H2,15,16,17,18). The van der Waals surface area contributed by atoms with Gasteiger partial charge in [0.25, 0.3) is 0 Å². The molecule has 0 unspecified atom stereocenters. The van der Waals surface area contributed by atoms with Gasteiger partial charge in [0.2, 0.25) is 5.75 Å². The van der Waals surface area contributed by atoms with Crippen molar-refractivity contribution in [2.24, 2.45) is 0 Å². The number of anilines is 3. The second-order valence-electron chi connectivity index (χ2n) is 3.94. The monoisotopic (exact) mass is 322 g/mol. The first-order chi connectivity index (χ1) is 9.15. The van der Waals surface area contributed by atoms with Crippen LogP contribution in [0.3, 0.4) is 0 Å². The highest BCUT2D eigenvalue weighted by Crippen LogP contribution is 2.32. The average Bonchev–Trinajstić information content (AvgIpc) is 2.42. The fraction of sp³-hybridized carbons (Fsp3) is 0.231. The lowest BCUT2D eigenvalue weighted by Crippen LogP contribution is -2.03. The number of aryl methyl sites for hydroxylation is 1. The van der Waals surface area contributed by atoms with E-state index >= 15 is 0 Å². The summed E-state index contributed by atoms with van der Waals surface area (Å²) in [5, 5.41) is 6.23. The highest BCUT2D eigenvalue weighted by Gasteiger charge is 2.12. The van der Waals surface area contributed by atoms with Crippen LogP contribution in [-0.4, -0.2) is 24.1 Å². The van der Waals surface area contributed by atoms with Crippen molar-refractivity contribution in [3.05, 3.63) is 34.6 Å². The molecule has 0 atom stereocenters. The normalized spacial score (nSPS) is 10.1. The molecule has 0 aliphatic carbocycles. The largest absolute Gasteiger partial charge is 0.490 e. The average molecular weight is 323 g/mol. The Kier molecular flexibility index (Phi) is 4.21. The summed E-state index contributed by atoms with van der Waals surface area (Å²) in [4.78, 5) is 8.34. The molecule has 0 fully saturated rings. The van der Waals surface area contributed by atoms with Crippen LogP contribution < -0.4 is 15.4 Å². The van der Waals surface area contributed by atoms with Crippen LogP contribution in [-0.2, 0) is 0 Å². The molecule has 0 bridgehead atoms. The maximum absolute atomic E-state index is 5.35. The lowest BCUT2D eigenvalue weighted by atomic mass is 10.2. The number of nitrogens with zero attached hydrogens (tertiary/aromatic N) is 2. The van der Waals surface area contributed by atoms with E-state index in [0.717, 1.165) is 15.7 Å². The molecule has 1 heterocycles. The fourth-order valence-corrected chi connectivity index (χ4v) is 2.05. The van der Waals surface area contributed by atoms with Gasteiger partial charge in [0, 0.05) is 17.2 Å². The Morgan fingerprint density at radius 1 is 1.21 bits per heavy atom. The van der Waals surface area contributed by atoms with Gasteiger partial charge in [0.05, 0.1) is 7.11 Å². The molecule has 0 saturated heterocycles. The number of hydrogen-bond donors (Lipinski definition) is 2. The first-order valence-corrected chi connectivity index (χ1v) is 6.55. The Morgan fingerprint density at radius 2 is 1.95 bits per heavy atom. The number of nitrogens with one attached hydrogen (secondary N) is 2. The first-order valence-electron chi connectivity index (χ1n) is 5.75. The van der Waals surface area contributed by atoms with Gasteiger partial charge in [-0.25, -0.2) is 9.97 Å². The predicted molar refractivity (Wildman–Crippen MR) is 80.3 cm³/mol. The Morgan fingerprint density at radius 3 is 2.63 bits per heavy atom. The molecule has 6 heteroatoms. The molecule has 2 N–H and O–H groups in total. The number of ether oxygens (including phenoxy) is 1. The molecular formula is C13H15BrN4O. The van der Waals surface area contributed by atoms with E-state index in [1.165, 1.54) is 6.33 Å². The van der Waals surface area contributed by atoms with Crippen molar-refractivity contribution in [1.29, 1.82) is 0 Å². The van der Waals surface area contributed by atoms with E-state index in [9.17, 15) is 0 Å². The maximum Gasteiger partial charge on any atom is 0.204 e. The molecule has 0 radical (unpaired) electrons. The molecule has 1 aromatic heterocycles. The molecule has 0 amide bonds. The minimum Gasteiger partial charge on any atom is -0.490 e. The topological polar surface area (TPSA) is 59.1 Å². The molecule has 0 aliphatic rings. The van der Waals surface area contributed by atoms with Crippen LogP contribution in [0.2, 0.25) is 0 Å². The molecule has 1 aromatic carbocycles. The minimum absolute atomic E-state index is 0.587. The summed E-state index contributed by atoms with van der Waals surface area (Å²) in [6.07, 6.45) is 1.49.